The summed E-state index contributed by atoms with van der Waals surface area (Å²) < 4.78 is 26.1. The zero-order valence-electron chi connectivity index (χ0n) is 33.1. The zero-order valence-corrected chi connectivity index (χ0v) is 33.5. The number of aryl methyl sites for hydroxylation is 1. The summed E-state index contributed by atoms with van der Waals surface area (Å²) in [5.74, 6) is 0.706. The van der Waals surface area contributed by atoms with Gasteiger partial charge in [0.15, 0.2) is 0 Å². The summed E-state index contributed by atoms with van der Waals surface area (Å²) >= 11 is 0. The van der Waals surface area contributed by atoms with Gasteiger partial charge in [-0.15, -0.1) is 42.0 Å². The smallest absolute Gasteiger partial charge is 0.0774 e. The van der Waals surface area contributed by atoms with Gasteiger partial charge in [-0.25, -0.2) is 0 Å². The van der Waals surface area contributed by atoms with Gasteiger partial charge in [-0.1, -0.05) is 144 Å². The summed E-state index contributed by atoms with van der Waals surface area (Å²) in [6, 6.07) is 65.2. The molecule has 7 aromatic carbocycles. The van der Waals surface area contributed by atoms with Crippen molar-refractivity contribution in [2.24, 2.45) is 0 Å². The van der Waals surface area contributed by atoms with Crippen molar-refractivity contribution >= 4 is 22.0 Å². The van der Waals surface area contributed by atoms with Gasteiger partial charge in [-0.2, -0.15) is 0 Å². The van der Waals surface area contributed by atoms with Gasteiger partial charge >= 0.3 is 0 Å². The first-order valence-electron chi connectivity index (χ1n) is 19.6. The van der Waals surface area contributed by atoms with E-state index in [2.05, 4.69) is 95.5 Å². The second-order valence-electron chi connectivity index (χ2n) is 13.5. The van der Waals surface area contributed by atoms with Gasteiger partial charge in [0.2, 0.25) is 0 Å². The van der Waals surface area contributed by atoms with Crippen molar-refractivity contribution in [2.75, 3.05) is 0 Å². The van der Waals surface area contributed by atoms with Gasteiger partial charge in [0.05, 0.1) is 22.5 Å². The molecule has 57 heavy (non-hydrogen) atoms. The molecule has 0 aliphatic heterocycles. The second kappa shape index (κ2) is 17.0. The first kappa shape index (κ1) is 34.8. The van der Waals surface area contributed by atoms with Gasteiger partial charge in [-0.05, 0) is 71.6 Å². The molecule has 4 nitrogen and oxygen atoms in total. The minimum absolute atomic E-state index is 0. The Bertz CT molecular complexity index is 2870. The Morgan fingerprint density at radius 1 is 0.649 bits per heavy atom. The average molecular weight is 914 g/mol. The van der Waals surface area contributed by atoms with Crippen LogP contribution in [0.2, 0.25) is 0 Å². The number of rotatable bonds is 7. The molecule has 10 aromatic rings. The number of benzene rings is 7. The van der Waals surface area contributed by atoms with Gasteiger partial charge in [0, 0.05) is 52.0 Å². The normalized spacial score (nSPS) is 11.6. The standard InChI is InChI=1S/C41H29N2O.C11H8N.Ir/c1-28-23-34(31-15-7-3-8-16-31)40(35(24-28)32-17-9-4-10-18-32)43-38-20-12-11-19-37(38)42-41(43)36-27-44-39-26-30(21-22-33(36)39)25-29-13-5-2-6-14-29;1-2-6-10(7-3-1)11-8-4-5-9-12-11;/h2-24,26H,25H2,1H3;1-6,8-9H;/q2*-1;/i25D2;;. The minimum atomic E-state index is -1.69. The van der Waals surface area contributed by atoms with Gasteiger partial charge in [0.25, 0.3) is 0 Å². The van der Waals surface area contributed by atoms with Crippen LogP contribution in [-0.2, 0) is 26.5 Å². The Labute approximate surface area is 349 Å². The third-order valence-electron chi connectivity index (χ3n) is 9.66. The van der Waals surface area contributed by atoms with Crippen LogP contribution in [0, 0.1) is 19.3 Å². The van der Waals surface area contributed by atoms with Crippen LogP contribution in [-0.4, -0.2) is 14.5 Å². The van der Waals surface area contributed by atoms with Gasteiger partial charge < -0.3 is 14.0 Å². The maximum absolute atomic E-state index is 8.90. The predicted octanol–water partition coefficient (Wildman–Crippen LogP) is 13.0. The van der Waals surface area contributed by atoms with E-state index in [9.17, 15) is 0 Å². The molecule has 3 aromatic heterocycles. The third-order valence-corrected chi connectivity index (χ3v) is 9.66. The summed E-state index contributed by atoms with van der Waals surface area (Å²) in [5, 5.41) is 0.818. The molecule has 0 fully saturated rings. The number of para-hydroxylation sites is 2. The third kappa shape index (κ3) is 7.90. The van der Waals surface area contributed by atoms with Crippen molar-refractivity contribution in [2.45, 2.75) is 13.3 Å². The molecule has 0 amide bonds. The molecule has 0 saturated carbocycles. The number of pyridine rings is 1. The molecule has 5 heteroatoms. The van der Waals surface area contributed by atoms with E-state index >= 15 is 0 Å². The molecule has 0 bridgehead atoms. The summed E-state index contributed by atoms with van der Waals surface area (Å²) in [6.07, 6.45) is 3.27. The van der Waals surface area contributed by atoms with E-state index in [1.54, 1.807) is 12.3 Å². The van der Waals surface area contributed by atoms with E-state index in [4.69, 9.17) is 12.1 Å². The molecular formula is C52H37IrN3O-2. The van der Waals surface area contributed by atoms with Crippen LogP contribution in [0.4, 0.5) is 0 Å². The van der Waals surface area contributed by atoms with E-state index in [1.807, 2.05) is 115 Å². The van der Waals surface area contributed by atoms with Crippen LogP contribution >= 0.6 is 0 Å². The number of fused-ring (bicyclic) bond motifs is 2. The van der Waals surface area contributed by atoms with Crippen molar-refractivity contribution in [3.05, 3.63) is 223 Å². The first-order chi connectivity index (χ1) is 28.5. The molecule has 0 aliphatic rings. The monoisotopic (exact) mass is 914 g/mol. The Kier molecular flexibility index (Phi) is 10.4. The molecule has 1 radical (unpaired) electrons. The fourth-order valence-corrected chi connectivity index (χ4v) is 7.10. The quantitative estimate of drug-likeness (QED) is 0.150. The van der Waals surface area contributed by atoms with E-state index < -0.39 is 6.37 Å². The topological polar surface area (TPSA) is 43.9 Å². The van der Waals surface area contributed by atoms with Crippen molar-refractivity contribution in [3.8, 4) is 50.6 Å². The molecule has 10 rings (SSSR count). The van der Waals surface area contributed by atoms with Crippen molar-refractivity contribution in [3.63, 3.8) is 0 Å². The molecule has 277 valence electrons. The molecule has 0 atom stereocenters. The van der Waals surface area contributed by atoms with Crippen LogP contribution in [0.3, 0.4) is 0 Å². The largest absolute Gasteiger partial charge is 0.557 e. The van der Waals surface area contributed by atoms with Crippen LogP contribution in [0.1, 0.15) is 19.4 Å². The summed E-state index contributed by atoms with van der Waals surface area (Å²) in [7, 11) is 0. The van der Waals surface area contributed by atoms with Crippen LogP contribution in [0.25, 0.3) is 72.6 Å². The first-order valence-corrected chi connectivity index (χ1v) is 18.6. The molecule has 0 aliphatic carbocycles. The zero-order chi connectivity index (χ0) is 39.5. The van der Waals surface area contributed by atoms with Crippen molar-refractivity contribution in [1.29, 1.82) is 0 Å². The summed E-state index contributed by atoms with van der Waals surface area (Å²) in [6.45, 7) is 2.14. The molecule has 3 heterocycles. The van der Waals surface area contributed by atoms with E-state index in [0.29, 0.717) is 22.5 Å². The van der Waals surface area contributed by atoms with Crippen LogP contribution in [0.5, 0.6) is 0 Å². The van der Waals surface area contributed by atoms with E-state index in [0.717, 1.165) is 66.7 Å². The molecular weight excluding hydrogens is 875 g/mol. The average Bonchev–Trinajstić information content (AvgIpc) is 3.89. The Hall–Kier alpha value is -6.65. The van der Waals surface area contributed by atoms with Crippen molar-refractivity contribution in [1.82, 2.24) is 14.5 Å². The number of furan rings is 1. The summed E-state index contributed by atoms with van der Waals surface area (Å²) in [5.41, 5.74) is 12.8. The number of imidazole rings is 1. The predicted molar refractivity (Wildman–Crippen MR) is 228 cm³/mol. The maximum Gasteiger partial charge on any atom is 0.0774 e. The Morgan fingerprint density at radius 2 is 1.30 bits per heavy atom. The summed E-state index contributed by atoms with van der Waals surface area (Å²) in [4.78, 5) is 9.41. The molecule has 0 spiro atoms. The number of hydrogen-bond donors (Lipinski definition) is 0. The minimum Gasteiger partial charge on any atom is -0.557 e. The molecule has 0 saturated heterocycles. The number of nitrogens with zero attached hydrogens (tertiary/aromatic N) is 3. The van der Waals surface area contributed by atoms with Crippen LogP contribution in [0.15, 0.2) is 199 Å². The second-order valence-corrected chi connectivity index (χ2v) is 13.5. The van der Waals surface area contributed by atoms with Gasteiger partial charge in [0.1, 0.15) is 0 Å². The van der Waals surface area contributed by atoms with Crippen LogP contribution < -0.4 is 0 Å². The fourth-order valence-electron chi connectivity index (χ4n) is 7.10. The van der Waals surface area contributed by atoms with Crippen molar-refractivity contribution < 1.29 is 27.3 Å². The fraction of sp³-hybridized carbons (Fsp3) is 0.0385. The number of hydrogen-bond acceptors (Lipinski definition) is 3. The molecule has 0 unspecified atom stereocenters. The number of aromatic nitrogens is 3. The Balaban J connectivity index is 0.000000319. The van der Waals surface area contributed by atoms with E-state index in [-0.39, 0.29) is 20.1 Å². The maximum atomic E-state index is 8.90. The van der Waals surface area contributed by atoms with Gasteiger partial charge in [-0.3, -0.25) is 4.98 Å². The Morgan fingerprint density at radius 3 is 1.96 bits per heavy atom. The van der Waals surface area contributed by atoms with E-state index in [1.165, 1.54) is 0 Å². The SMILES string of the molecule is [2H]C([2H])(c1ccccc1)c1ccc2c(-c3nc4ccccc4n3-c3c(-c4ccccc4)cc(C)cc3-c3ccccc3)[c-]oc2c1.[Ir].[c-]1ccccc1-c1ccccn1. The molecule has 0 N–H and O–H groups in total.